The van der Waals surface area contributed by atoms with E-state index in [1.807, 2.05) is 24.3 Å². The van der Waals surface area contributed by atoms with Crippen molar-refractivity contribution >= 4 is 5.91 Å². The third kappa shape index (κ3) is 0.954. The molecule has 0 saturated carbocycles. The lowest BCUT2D eigenvalue weighted by atomic mass is 10.2. The number of ether oxygens (including phenoxy) is 1. The smallest absolute Gasteiger partial charge is 0.261 e. The van der Waals surface area contributed by atoms with Crippen molar-refractivity contribution in [2.45, 2.75) is 6.10 Å². The van der Waals surface area contributed by atoms with E-state index in [2.05, 4.69) is 0 Å². The Morgan fingerprint density at radius 1 is 1.36 bits per heavy atom. The Balaban J connectivity index is 2.15. The van der Waals surface area contributed by atoms with E-state index in [-0.39, 0.29) is 12.0 Å². The van der Waals surface area contributed by atoms with Gasteiger partial charge in [0.05, 0.1) is 12.1 Å². The van der Waals surface area contributed by atoms with Crippen LogP contribution in [0.5, 0.6) is 5.75 Å². The Labute approximate surface area is 81.6 Å². The summed E-state index contributed by atoms with van der Waals surface area (Å²) in [6.45, 7) is 0.632. The highest BCUT2D eigenvalue weighted by atomic mass is 16.5. The van der Waals surface area contributed by atoms with Crippen molar-refractivity contribution in [2.24, 2.45) is 0 Å². The third-order valence-corrected chi connectivity index (χ3v) is 2.51. The fraction of sp³-hybridized carbons (Fsp3) is 0.182. The topological polar surface area (TPSA) is 29.5 Å². The monoisotopic (exact) mass is 187 g/mol. The average molecular weight is 187 g/mol. The standard InChI is InChI=1S/C11H9NO2/c13-11-9-3-1-2-4-10(9)14-8-5-6-12(11)7-8/h1-6,8H,7H2. The van der Waals surface area contributed by atoms with Gasteiger partial charge in [-0.1, -0.05) is 12.1 Å². The minimum absolute atomic E-state index is 0.0163. The van der Waals surface area contributed by atoms with Crippen LogP contribution < -0.4 is 4.74 Å². The maximum absolute atomic E-state index is 11.9. The van der Waals surface area contributed by atoms with Crippen molar-refractivity contribution in [1.29, 1.82) is 0 Å². The van der Waals surface area contributed by atoms with Crippen molar-refractivity contribution < 1.29 is 9.53 Å². The molecule has 1 aromatic rings. The number of carbonyl (C=O) groups excluding carboxylic acids is 1. The highest BCUT2D eigenvalue weighted by Gasteiger charge is 2.29. The predicted octanol–water partition coefficient (Wildman–Crippen LogP) is 1.42. The first kappa shape index (κ1) is 7.62. The molecule has 1 amide bonds. The molecule has 1 unspecified atom stereocenters. The van der Waals surface area contributed by atoms with Gasteiger partial charge in [-0.15, -0.1) is 0 Å². The summed E-state index contributed by atoms with van der Waals surface area (Å²) in [6, 6.07) is 7.36. The van der Waals surface area contributed by atoms with Crippen LogP contribution in [0.25, 0.3) is 0 Å². The molecule has 14 heavy (non-hydrogen) atoms. The number of rotatable bonds is 0. The van der Waals surface area contributed by atoms with Gasteiger partial charge < -0.3 is 9.64 Å². The van der Waals surface area contributed by atoms with E-state index in [9.17, 15) is 4.79 Å². The second kappa shape index (κ2) is 2.61. The van der Waals surface area contributed by atoms with Gasteiger partial charge in [0.15, 0.2) is 0 Å². The van der Waals surface area contributed by atoms with Gasteiger partial charge in [-0.05, 0) is 18.2 Å². The Morgan fingerprint density at radius 2 is 2.21 bits per heavy atom. The first-order valence-electron chi connectivity index (χ1n) is 4.59. The van der Waals surface area contributed by atoms with Crippen LogP contribution in [-0.4, -0.2) is 23.5 Å². The molecule has 2 bridgehead atoms. The Kier molecular flexibility index (Phi) is 1.42. The molecule has 1 aromatic carbocycles. The SMILES string of the molecule is O=C1c2ccccc2OC2C=CN1C2. The van der Waals surface area contributed by atoms with Gasteiger partial charge in [0.2, 0.25) is 0 Å². The maximum Gasteiger partial charge on any atom is 0.261 e. The van der Waals surface area contributed by atoms with Crippen LogP contribution in [0, 0.1) is 0 Å². The minimum atomic E-state index is 0.0163. The van der Waals surface area contributed by atoms with Crippen molar-refractivity contribution in [1.82, 2.24) is 4.90 Å². The Morgan fingerprint density at radius 3 is 3.14 bits per heavy atom. The molecule has 0 spiro atoms. The quantitative estimate of drug-likeness (QED) is 0.614. The molecule has 0 saturated heterocycles. The van der Waals surface area contributed by atoms with Crippen LogP contribution in [-0.2, 0) is 0 Å². The summed E-state index contributed by atoms with van der Waals surface area (Å²) in [6.07, 6.45) is 3.72. The molecule has 0 aromatic heterocycles. The first-order chi connectivity index (χ1) is 6.84. The maximum atomic E-state index is 11.9. The molecule has 0 N–H and O–H groups in total. The number of benzene rings is 1. The van der Waals surface area contributed by atoms with Gasteiger partial charge in [0, 0.05) is 6.20 Å². The second-order valence-electron chi connectivity index (χ2n) is 3.45. The number of hydrogen-bond acceptors (Lipinski definition) is 2. The van der Waals surface area contributed by atoms with Crippen LogP contribution in [0.3, 0.4) is 0 Å². The fourth-order valence-electron chi connectivity index (χ4n) is 1.81. The second-order valence-corrected chi connectivity index (χ2v) is 3.45. The number of fused-ring (bicyclic) bond motifs is 3. The first-order valence-corrected chi connectivity index (χ1v) is 4.59. The molecule has 70 valence electrons. The molecular weight excluding hydrogens is 178 g/mol. The van der Waals surface area contributed by atoms with Gasteiger partial charge in [-0.2, -0.15) is 0 Å². The minimum Gasteiger partial charge on any atom is -0.484 e. The van der Waals surface area contributed by atoms with Crippen molar-refractivity contribution in [3.63, 3.8) is 0 Å². The Hall–Kier alpha value is -1.77. The van der Waals surface area contributed by atoms with E-state index in [4.69, 9.17) is 4.74 Å². The summed E-state index contributed by atoms with van der Waals surface area (Å²) in [5.74, 6) is 0.714. The summed E-state index contributed by atoms with van der Waals surface area (Å²) in [5.41, 5.74) is 0.652. The zero-order chi connectivity index (χ0) is 9.54. The zero-order valence-corrected chi connectivity index (χ0v) is 7.51. The molecule has 0 radical (unpaired) electrons. The van der Waals surface area contributed by atoms with Gasteiger partial charge in [-0.25, -0.2) is 0 Å². The molecule has 0 fully saturated rings. The number of amides is 1. The van der Waals surface area contributed by atoms with Crippen LogP contribution in [0.1, 0.15) is 10.4 Å². The molecule has 2 heterocycles. The third-order valence-electron chi connectivity index (χ3n) is 2.51. The largest absolute Gasteiger partial charge is 0.484 e. The Bertz CT molecular complexity index is 425. The number of nitrogens with zero attached hydrogens (tertiary/aromatic N) is 1. The van der Waals surface area contributed by atoms with Gasteiger partial charge >= 0.3 is 0 Å². The predicted molar refractivity (Wildman–Crippen MR) is 51.0 cm³/mol. The molecule has 3 nitrogen and oxygen atoms in total. The van der Waals surface area contributed by atoms with E-state index in [0.29, 0.717) is 17.9 Å². The van der Waals surface area contributed by atoms with Gasteiger partial charge in [0.1, 0.15) is 11.9 Å². The zero-order valence-electron chi connectivity index (χ0n) is 7.51. The van der Waals surface area contributed by atoms with E-state index in [1.165, 1.54) is 0 Å². The number of para-hydroxylation sites is 1. The van der Waals surface area contributed by atoms with E-state index in [1.54, 1.807) is 17.2 Å². The fourth-order valence-corrected chi connectivity index (χ4v) is 1.81. The summed E-state index contributed by atoms with van der Waals surface area (Å²) >= 11 is 0. The summed E-state index contributed by atoms with van der Waals surface area (Å²) in [5, 5.41) is 0. The van der Waals surface area contributed by atoms with Crippen LogP contribution in [0.4, 0.5) is 0 Å². The van der Waals surface area contributed by atoms with Crippen LogP contribution in [0.15, 0.2) is 36.5 Å². The average Bonchev–Trinajstić information content (AvgIpc) is 2.60. The molecule has 3 heteroatoms. The lowest BCUT2D eigenvalue weighted by molar-refractivity contribution is 0.0828. The van der Waals surface area contributed by atoms with Crippen molar-refractivity contribution in [2.75, 3.05) is 6.54 Å². The molecule has 0 aliphatic carbocycles. The van der Waals surface area contributed by atoms with Crippen molar-refractivity contribution in [3.8, 4) is 5.75 Å². The number of hydrogen-bond donors (Lipinski definition) is 0. The van der Waals surface area contributed by atoms with Crippen LogP contribution >= 0.6 is 0 Å². The summed E-state index contributed by atoms with van der Waals surface area (Å²) < 4.78 is 5.67. The van der Waals surface area contributed by atoms with Crippen LogP contribution in [0.2, 0.25) is 0 Å². The van der Waals surface area contributed by atoms with E-state index in [0.717, 1.165) is 0 Å². The van der Waals surface area contributed by atoms with Gasteiger partial charge in [0.25, 0.3) is 5.91 Å². The molecule has 2 aliphatic heterocycles. The summed E-state index contributed by atoms with van der Waals surface area (Å²) in [4.78, 5) is 13.6. The highest BCUT2D eigenvalue weighted by Crippen LogP contribution is 2.27. The van der Waals surface area contributed by atoms with Crippen molar-refractivity contribution in [3.05, 3.63) is 42.1 Å². The van der Waals surface area contributed by atoms with E-state index < -0.39 is 0 Å². The lowest BCUT2D eigenvalue weighted by Gasteiger charge is -2.10. The molecule has 2 aliphatic rings. The number of carbonyl (C=O) groups is 1. The highest BCUT2D eigenvalue weighted by molar-refractivity contribution is 5.98. The van der Waals surface area contributed by atoms with Gasteiger partial charge in [-0.3, -0.25) is 4.79 Å². The molecular formula is C11H9NO2. The molecule has 1 atom stereocenters. The summed E-state index contributed by atoms with van der Waals surface area (Å²) in [7, 11) is 0. The molecule has 3 rings (SSSR count). The lowest BCUT2D eigenvalue weighted by Crippen LogP contribution is -2.26. The van der Waals surface area contributed by atoms with E-state index >= 15 is 0 Å². The normalized spacial score (nSPS) is 23.0.